The van der Waals surface area contributed by atoms with E-state index in [1.165, 1.54) is 0 Å². The summed E-state index contributed by atoms with van der Waals surface area (Å²) in [5.74, 6) is -0.297. The second kappa shape index (κ2) is 7.36. The number of nitrogens with one attached hydrogen (secondary N) is 1. The predicted octanol–water partition coefficient (Wildman–Crippen LogP) is 2.28. The normalized spacial score (nSPS) is 13.0. The van der Waals surface area contributed by atoms with Crippen LogP contribution in [-0.2, 0) is 23.1 Å². The topological polar surface area (TPSA) is 66.4 Å². The van der Waals surface area contributed by atoms with Gasteiger partial charge in [-0.25, -0.2) is 0 Å². The molecule has 2 N–H and O–H groups in total. The molecular weight excluding hydrogens is 286 g/mol. The third-order valence-corrected chi connectivity index (χ3v) is 4.00. The molecule has 112 valence electrons. The van der Waals surface area contributed by atoms with Gasteiger partial charge in [-0.1, -0.05) is 60.7 Å². The molecule has 2 aromatic carbocycles. The third-order valence-electron chi connectivity index (χ3n) is 3.17. The fourth-order valence-electron chi connectivity index (χ4n) is 2.20. The van der Waals surface area contributed by atoms with E-state index in [0.717, 1.165) is 11.1 Å². The van der Waals surface area contributed by atoms with E-state index in [4.69, 9.17) is 4.55 Å². The molecular formula is C16H19NO3S. The maximum atomic E-state index is 11.2. The van der Waals surface area contributed by atoms with Crippen molar-refractivity contribution < 1.29 is 13.0 Å². The Morgan fingerprint density at radius 2 is 1.43 bits per heavy atom. The minimum atomic E-state index is -4.01. The minimum absolute atomic E-state index is 0.297. The van der Waals surface area contributed by atoms with Gasteiger partial charge in [0.15, 0.2) is 0 Å². The molecule has 0 heterocycles. The van der Waals surface area contributed by atoms with Gasteiger partial charge in [-0.05, 0) is 17.5 Å². The van der Waals surface area contributed by atoms with Crippen LogP contribution in [0.3, 0.4) is 0 Å². The van der Waals surface area contributed by atoms with Gasteiger partial charge in [-0.15, -0.1) is 0 Å². The average molecular weight is 305 g/mol. The fraction of sp³-hybridized carbons (Fsp3) is 0.250. The molecule has 2 aromatic rings. The van der Waals surface area contributed by atoms with Crippen molar-refractivity contribution >= 4 is 10.1 Å². The highest BCUT2D eigenvalue weighted by molar-refractivity contribution is 7.85. The Kier molecular flexibility index (Phi) is 5.50. The first kappa shape index (κ1) is 15.7. The van der Waals surface area contributed by atoms with Crippen LogP contribution in [0.1, 0.15) is 11.1 Å². The molecule has 0 aliphatic rings. The van der Waals surface area contributed by atoms with Gasteiger partial charge >= 0.3 is 0 Å². The van der Waals surface area contributed by atoms with Crippen LogP contribution in [-0.4, -0.2) is 24.8 Å². The van der Waals surface area contributed by atoms with Crippen LogP contribution in [0.15, 0.2) is 60.7 Å². The van der Waals surface area contributed by atoms with Gasteiger partial charge in [0.1, 0.15) is 0 Å². The van der Waals surface area contributed by atoms with Gasteiger partial charge in [0.25, 0.3) is 10.1 Å². The smallest absolute Gasteiger partial charge is 0.266 e. The Balaban J connectivity index is 2.02. The number of hydrogen-bond acceptors (Lipinski definition) is 3. The summed E-state index contributed by atoms with van der Waals surface area (Å²) in [6, 6.07) is 19.1. The van der Waals surface area contributed by atoms with Gasteiger partial charge < -0.3 is 5.32 Å². The van der Waals surface area contributed by atoms with Crippen LogP contribution in [0.5, 0.6) is 0 Å². The zero-order valence-corrected chi connectivity index (χ0v) is 12.5. The Morgan fingerprint density at radius 1 is 0.905 bits per heavy atom. The van der Waals surface area contributed by atoms with E-state index in [2.05, 4.69) is 5.32 Å². The Bertz CT molecular complexity index is 642. The van der Waals surface area contributed by atoms with Crippen LogP contribution in [0.4, 0.5) is 0 Å². The van der Waals surface area contributed by atoms with E-state index in [-0.39, 0.29) is 11.8 Å². The number of benzene rings is 2. The van der Waals surface area contributed by atoms with Crippen molar-refractivity contribution in [2.45, 2.75) is 19.0 Å². The summed E-state index contributed by atoms with van der Waals surface area (Å²) in [7, 11) is -4.01. The van der Waals surface area contributed by atoms with Crippen molar-refractivity contribution in [3.63, 3.8) is 0 Å². The lowest BCUT2D eigenvalue weighted by atomic mass is 10.1. The fourth-order valence-corrected chi connectivity index (χ4v) is 2.95. The Morgan fingerprint density at radius 3 is 1.95 bits per heavy atom. The molecule has 2 rings (SSSR count). The van der Waals surface area contributed by atoms with Crippen molar-refractivity contribution in [2.75, 3.05) is 5.75 Å². The summed E-state index contributed by atoms with van der Waals surface area (Å²) >= 11 is 0. The predicted molar refractivity (Wildman–Crippen MR) is 83.6 cm³/mol. The monoisotopic (exact) mass is 305 g/mol. The highest BCUT2D eigenvalue weighted by Crippen LogP contribution is 2.06. The molecule has 0 aliphatic heterocycles. The van der Waals surface area contributed by atoms with Crippen LogP contribution >= 0.6 is 0 Å². The van der Waals surface area contributed by atoms with E-state index in [0.29, 0.717) is 13.0 Å². The van der Waals surface area contributed by atoms with Gasteiger partial charge in [0.2, 0.25) is 0 Å². The van der Waals surface area contributed by atoms with E-state index in [1.807, 2.05) is 60.7 Å². The SMILES string of the molecule is O=S(=O)(O)C[C@H](Cc1ccccc1)NCc1ccccc1. The van der Waals surface area contributed by atoms with Crippen molar-refractivity contribution in [3.05, 3.63) is 71.8 Å². The number of rotatable bonds is 7. The molecule has 0 spiro atoms. The maximum Gasteiger partial charge on any atom is 0.266 e. The van der Waals surface area contributed by atoms with E-state index in [9.17, 15) is 8.42 Å². The standard InChI is InChI=1S/C16H19NO3S/c18-21(19,20)13-16(11-14-7-3-1-4-8-14)17-12-15-9-5-2-6-10-15/h1-10,16-17H,11-13H2,(H,18,19,20)/t16-/m0/s1. The van der Waals surface area contributed by atoms with E-state index < -0.39 is 10.1 Å². The first-order valence-electron chi connectivity index (χ1n) is 6.79. The van der Waals surface area contributed by atoms with Crippen LogP contribution in [0, 0.1) is 0 Å². The first-order valence-corrected chi connectivity index (χ1v) is 8.40. The average Bonchev–Trinajstić information content (AvgIpc) is 2.45. The molecule has 0 saturated heterocycles. The lowest BCUT2D eigenvalue weighted by Crippen LogP contribution is -2.37. The van der Waals surface area contributed by atoms with Crippen LogP contribution in [0.2, 0.25) is 0 Å². The van der Waals surface area contributed by atoms with Gasteiger partial charge in [-0.3, -0.25) is 4.55 Å². The lowest BCUT2D eigenvalue weighted by molar-refractivity contribution is 0.461. The quantitative estimate of drug-likeness (QED) is 0.770. The molecule has 5 heteroatoms. The van der Waals surface area contributed by atoms with Crippen molar-refractivity contribution in [1.82, 2.24) is 5.32 Å². The molecule has 0 bridgehead atoms. The molecule has 21 heavy (non-hydrogen) atoms. The summed E-state index contributed by atoms with van der Waals surface area (Å²) in [4.78, 5) is 0. The summed E-state index contributed by atoms with van der Waals surface area (Å²) in [5.41, 5.74) is 2.11. The summed E-state index contributed by atoms with van der Waals surface area (Å²) in [5, 5.41) is 3.20. The lowest BCUT2D eigenvalue weighted by Gasteiger charge is -2.17. The summed E-state index contributed by atoms with van der Waals surface area (Å²) < 4.78 is 31.4. The zero-order chi connectivity index (χ0) is 15.1. The molecule has 0 fully saturated rings. The molecule has 4 nitrogen and oxygen atoms in total. The maximum absolute atomic E-state index is 11.2. The molecule has 0 aromatic heterocycles. The third kappa shape index (κ3) is 6.08. The van der Waals surface area contributed by atoms with Crippen LogP contribution < -0.4 is 5.32 Å². The zero-order valence-electron chi connectivity index (χ0n) is 11.6. The largest absolute Gasteiger partial charge is 0.308 e. The summed E-state index contributed by atoms with van der Waals surface area (Å²) in [6.45, 7) is 0.563. The summed E-state index contributed by atoms with van der Waals surface area (Å²) in [6.07, 6.45) is 0.549. The molecule has 0 radical (unpaired) electrons. The van der Waals surface area contributed by atoms with E-state index in [1.54, 1.807) is 0 Å². The van der Waals surface area contributed by atoms with Crippen molar-refractivity contribution in [3.8, 4) is 0 Å². The Hall–Kier alpha value is -1.69. The first-order chi connectivity index (χ1) is 10.0. The minimum Gasteiger partial charge on any atom is -0.308 e. The van der Waals surface area contributed by atoms with Gasteiger partial charge in [0, 0.05) is 12.6 Å². The second-order valence-electron chi connectivity index (χ2n) is 5.00. The number of hydrogen-bond donors (Lipinski definition) is 2. The highest BCUT2D eigenvalue weighted by Gasteiger charge is 2.17. The van der Waals surface area contributed by atoms with Crippen molar-refractivity contribution in [1.29, 1.82) is 0 Å². The molecule has 0 unspecified atom stereocenters. The molecule has 0 saturated carbocycles. The molecule has 1 atom stereocenters. The molecule has 0 amide bonds. The molecule has 0 aliphatic carbocycles. The Labute approximate surface area is 125 Å². The van der Waals surface area contributed by atoms with E-state index >= 15 is 0 Å². The van der Waals surface area contributed by atoms with Crippen molar-refractivity contribution in [2.24, 2.45) is 0 Å². The van der Waals surface area contributed by atoms with Crippen LogP contribution in [0.25, 0.3) is 0 Å². The van der Waals surface area contributed by atoms with Gasteiger partial charge in [-0.2, -0.15) is 8.42 Å². The van der Waals surface area contributed by atoms with Gasteiger partial charge in [0.05, 0.1) is 5.75 Å². The second-order valence-corrected chi connectivity index (χ2v) is 6.50. The highest BCUT2D eigenvalue weighted by atomic mass is 32.2.